The second kappa shape index (κ2) is 5.26. The molecule has 0 spiro atoms. The van der Waals surface area contributed by atoms with Gasteiger partial charge >= 0.3 is 0 Å². The van der Waals surface area contributed by atoms with Crippen LogP contribution in [0, 0.1) is 0 Å². The van der Waals surface area contributed by atoms with Gasteiger partial charge in [-0.25, -0.2) is 15.0 Å². The third kappa shape index (κ3) is 3.17. The highest BCUT2D eigenvalue weighted by atomic mass is 16.7. The number of likely N-dealkylation sites (N-methyl/N-ethyl adjacent to an activating group) is 2. The maximum Gasteiger partial charge on any atom is 0.265 e. The maximum atomic E-state index is 11.5. The quantitative estimate of drug-likeness (QED) is 0.651. The number of aromatic nitrogens is 2. The molecule has 82 valence electrons. The first-order chi connectivity index (χ1) is 7.15. The third-order valence-corrected chi connectivity index (χ3v) is 1.89. The van der Waals surface area contributed by atoms with Crippen LogP contribution in [0.15, 0.2) is 18.5 Å². The molecule has 0 unspecified atom stereocenters. The SMILES string of the molecule is CON(C)C(=O)CN(C)c1ncccn1. The van der Waals surface area contributed by atoms with E-state index in [1.165, 1.54) is 12.2 Å². The van der Waals surface area contributed by atoms with Crippen LogP contribution in [-0.4, -0.2) is 48.7 Å². The number of carbonyl (C=O) groups excluding carboxylic acids is 1. The molecule has 1 heterocycles. The van der Waals surface area contributed by atoms with Crippen molar-refractivity contribution in [3.63, 3.8) is 0 Å². The van der Waals surface area contributed by atoms with E-state index in [1.54, 1.807) is 37.5 Å². The summed E-state index contributed by atoms with van der Waals surface area (Å²) in [5.41, 5.74) is 0. The first-order valence-corrected chi connectivity index (χ1v) is 4.44. The summed E-state index contributed by atoms with van der Waals surface area (Å²) in [6, 6.07) is 1.72. The van der Waals surface area contributed by atoms with Gasteiger partial charge in [-0.1, -0.05) is 0 Å². The highest BCUT2D eigenvalue weighted by molar-refractivity contribution is 5.79. The Morgan fingerprint density at radius 2 is 2.00 bits per heavy atom. The van der Waals surface area contributed by atoms with Gasteiger partial charge in [0, 0.05) is 26.5 Å². The van der Waals surface area contributed by atoms with Crippen molar-refractivity contribution in [3.05, 3.63) is 18.5 Å². The predicted octanol–water partition coefficient (Wildman–Crippen LogP) is -0.0674. The lowest BCUT2D eigenvalue weighted by molar-refractivity contribution is -0.166. The number of carbonyl (C=O) groups is 1. The van der Waals surface area contributed by atoms with Gasteiger partial charge < -0.3 is 4.90 Å². The van der Waals surface area contributed by atoms with Crippen molar-refractivity contribution < 1.29 is 9.63 Å². The maximum absolute atomic E-state index is 11.5. The molecule has 1 rings (SSSR count). The Balaban J connectivity index is 2.56. The fourth-order valence-electron chi connectivity index (χ4n) is 0.963. The van der Waals surface area contributed by atoms with Crippen molar-refractivity contribution in [1.82, 2.24) is 15.0 Å². The fraction of sp³-hybridized carbons (Fsp3) is 0.444. The van der Waals surface area contributed by atoms with Gasteiger partial charge in [-0.2, -0.15) is 0 Å². The Labute approximate surface area is 88.4 Å². The molecular weight excluding hydrogens is 196 g/mol. The van der Waals surface area contributed by atoms with Crippen LogP contribution in [0.4, 0.5) is 5.95 Å². The van der Waals surface area contributed by atoms with Crippen molar-refractivity contribution in [1.29, 1.82) is 0 Å². The minimum atomic E-state index is -0.160. The van der Waals surface area contributed by atoms with Crippen molar-refractivity contribution in [2.24, 2.45) is 0 Å². The molecule has 0 fully saturated rings. The molecule has 0 bridgehead atoms. The van der Waals surface area contributed by atoms with Crippen LogP contribution >= 0.6 is 0 Å². The first-order valence-electron chi connectivity index (χ1n) is 4.44. The first kappa shape index (κ1) is 11.4. The molecule has 0 N–H and O–H groups in total. The zero-order chi connectivity index (χ0) is 11.3. The second-order valence-electron chi connectivity index (χ2n) is 2.98. The van der Waals surface area contributed by atoms with E-state index in [0.29, 0.717) is 5.95 Å². The lowest BCUT2D eigenvalue weighted by Crippen LogP contribution is -2.36. The second-order valence-corrected chi connectivity index (χ2v) is 2.98. The van der Waals surface area contributed by atoms with Gasteiger partial charge in [0.05, 0.1) is 7.11 Å². The van der Waals surface area contributed by atoms with Crippen LogP contribution < -0.4 is 4.90 Å². The van der Waals surface area contributed by atoms with Crippen molar-refractivity contribution in [3.8, 4) is 0 Å². The Kier molecular flexibility index (Phi) is 3.99. The van der Waals surface area contributed by atoms with E-state index in [0.717, 1.165) is 0 Å². The topological polar surface area (TPSA) is 58.6 Å². The highest BCUT2D eigenvalue weighted by Gasteiger charge is 2.12. The average Bonchev–Trinajstić information content (AvgIpc) is 2.29. The zero-order valence-electron chi connectivity index (χ0n) is 9.04. The molecular formula is C9H14N4O2. The molecule has 0 saturated carbocycles. The molecule has 0 saturated heterocycles. The minimum absolute atomic E-state index is 0.160. The number of hydroxylamine groups is 2. The minimum Gasteiger partial charge on any atom is -0.334 e. The molecule has 0 aliphatic heterocycles. The number of anilines is 1. The van der Waals surface area contributed by atoms with E-state index in [1.807, 2.05) is 0 Å². The van der Waals surface area contributed by atoms with Crippen molar-refractivity contribution >= 4 is 11.9 Å². The number of rotatable bonds is 4. The van der Waals surface area contributed by atoms with Gasteiger partial charge in [-0.05, 0) is 6.07 Å². The van der Waals surface area contributed by atoms with Gasteiger partial charge in [-0.3, -0.25) is 9.63 Å². The number of hydrogen-bond donors (Lipinski definition) is 0. The van der Waals surface area contributed by atoms with Gasteiger partial charge in [-0.15, -0.1) is 0 Å². The molecule has 1 aromatic rings. The monoisotopic (exact) mass is 210 g/mol. The average molecular weight is 210 g/mol. The lowest BCUT2D eigenvalue weighted by atomic mass is 10.5. The standard InChI is InChI=1S/C9H14N4O2/c1-12(7-8(14)13(2)15-3)9-10-5-4-6-11-9/h4-6H,7H2,1-3H3. The molecule has 0 atom stereocenters. The number of hydrogen-bond acceptors (Lipinski definition) is 5. The van der Waals surface area contributed by atoms with Crippen LogP contribution in [0.5, 0.6) is 0 Å². The molecule has 0 aliphatic rings. The van der Waals surface area contributed by atoms with Crippen molar-refractivity contribution in [2.45, 2.75) is 0 Å². The molecule has 0 aromatic carbocycles. The Morgan fingerprint density at radius 1 is 1.40 bits per heavy atom. The smallest absolute Gasteiger partial charge is 0.265 e. The highest BCUT2D eigenvalue weighted by Crippen LogP contribution is 2.01. The van der Waals surface area contributed by atoms with Crippen LogP contribution in [0.3, 0.4) is 0 Å². The summed E-state index contributed by atoms with van der Waals surface area (Å²) in [6.45, 7) is 0.175. The molecule has 15 heavy (non-hydrogen) atoms. The molecule has 1 aromatic heterocycles. The molecule has 6 heteroatoms. The van der Waals surface area contributed by atoms with E-state index >= 15 is 0 Å². The van der Waals surface area contributed by atoms with E-state index in [2.05, 4.69) is 9.97 Å². The molecule has 0 aliphatic carbocycles. The normalized spacial score (nSPS) is 9.80. The van der Waals surface area contributed by atoms with Crippen LogP contribution in [-0.2, 0) is 9.63 Å². The predicted molar refractivity (Wildman–Crippen MR) is 55.1 cm³/mol. The largest absolute Gasteiger partial charge is 0.334 e. The van der Waals surface area contributed by atoms with Gasteiger partial charge in [0.15, 0.2) is 0 Å². The summed E-state index contributed by atoms with van der Waals surface area (Å²) in [7, 11) is 4.75. The van der Waals surface area contributed by atoms with Gasteiger partial charge in [0.2, 0.25) is 5.95 Å². The Morgan fingerprint density at radius 3 is 2.53 bits per heavy atom. The zero-order valence-corrected chi connectivity index (χ0v) is 9.04. The van der Waals surface area contributed by atoms with Gasteiger partial charge in [0.25, 0.3) is 5.91 Å². The molecule has 1 amide bonds. The van der Waals surface area contributed by atoms with Crippen molar-refractivity contribution in [2.75, 3.05) is 32.6 Å². The Hall–Kier alpha value is -1.69. The summed E-state index contributed by atoms with van der Waals surface area (Å²) in [4.78, 5) is 25.9. The Bertz CT molecular complexity index is 317. The van der Waals surface area contributed by atoms with Gasteiger partial charge in [0.1, 0.15) is 6.54 Å². The lowest BCUT2D eigenvalue weighted by Gasteiger charge is -2.19. The third-order valence-electron chi connectivity index (χ3n) is 1.89. The van der Waals surface area contributed by atoms with Crippen LogP contribution in [0.25, 0.3) is 0 Å². The molecule has 6 nitrogen and oxygen atoms in total. The summed E-state index contributed by atoms with van der Waals surface area (Å²) in [5, 5.41) is 1.17. The summed E-state index contributed by atoms with van der Waals surface area (Å²) >= 11 is 0. The summed E-state index contributed by atoms with van der Waals surface area (Å²) < 4.78 is 0. The summed E-state index contributed by atoms with van der Waals surface area (Å²) in [6.07, 6.45) is 3.26. The molecule has 0 radical (unpaired) electrons. The number of amides is 1. The van der Waals surface area contributed by atoms with E-state index in [-0.39, 0.29) is 12.5 Å². The summed E-state index contributed by atoms with van der Waals surface area (Å²) in [5.74, 6) is 0.350. The van der Waals surface area contributed by atoms with E-state index in [9.17, 15) is 4.79 Å². The fourth-order valence-corrected chi connectivity index (χ4v) is 0.963. The van der Waals surface area contributed by atoms with E-state index < -0.39 is 0 Å². The number of nitrogens with zero attached hydrogens (tertiary/aromatic N) is 4. The van der Waals surface area contributed by atoms with Crippen LogP contribution in [0.1, 0.15) is 0 Å². The van der Waals surface area contributed by atoms with Crippen LogP contribution in [0.2, 0.25) is 0 Å². The van der Waals surface area contributed by atoms with E-state index in [4.69, 9.17) is 4.84 Å².